The lowest BCUT2D eigenvalue weighted by atomic mass is 9.97. The first-order valence-electron chi connectivity index (χ1n) is 7.25. The molecule has 104 valence electrons. The van der Waals surface area contributed by atoms with E-state index < -0.39 is 0 Å². The molecule has 0 unspecified atom stereocenters. The van der Waals surface area contributed by atoms with Gasteiger partial charge in [0, 0.05) is 5.56 Å². The summed E-state index contributed by atoms with van der Waals surface area (Å²) in [7, 11) is 0. The molecule has 0 aromatic heterocycles. The highest BCUT2D eigenvalue weighted by molar-refractivity contribution is 5.66. The minimum Gasteiger partial charge on any atom is -0.206 e. The average Bonchev–Trinajstić information content (AvgIpc) is 2.39. The van der Waals surface area contributed by atoms with E-state index >= 15 is 0 Å². The third kappa shape index (κ3) is 5.42. The van der Waals surface area contributed by atoms with Crippen molar-refractivity contribution < 1.29 is 4.39 Å². The largest absolute Gasteiger partial charge is 0.206 e. The van der Waals surface area contributed by atoms with Crippen molar-refractivity contribution in [3.8, 4) is 0 Å². The summed E-state index contributed by atoms with van der Waals surface area (Å²) in [5, 5.41) is 0. The van der Waals surface area contributed by atoms with Crippen molar-refractivity contribution in [3.05, 3.63) is 53.4 Å². The average molecular weight is 260 g/mol. The van der Waals surface area contributed by atoms with Crippen LogP contribution in [0.25, 0.3) is 5.57 Å². The summed E-state index contributed by atoms with van der Waals surface area (Å²) in [6.45, 7) is 6.12. The summed E-state index contributed by atoms with van der Waals surface area (Å²) in [5.74, 6) is -0.0895. The van der Waals surface area contributed by atoms with Gasteiger partial charge in [-0.2, -0.15) is 0 Å². The number of benzene rings is 1. The van der Waals surface area contributed by atoms with E-state index in [-0.39, 0.29) is 5.82 Å². The molecule has 0 radical (unpaired) electrons. The third-order valence-electron chi connectivity index (χ3n) is 3.23. The zero-order valence-electron chi connectivity index (χ0n) is 12.4. The number of allylic oxidation sites excluding steroid dienone is 4. The Morgan fingerprint density at radius 3 is 2.68 bits per heavy atom. The molecule has 0 nitrogen and oxygen atoms in total. The van der Waals surface area contributed by atoms with Gasteiger partial charge in [0.25, 0.3) is 0 Å². The SMILES string of the molecule is C/C=C/CC/C=C(/CCCC)c1ccc(C)cc1F. The monoisotopic (exact) mass is 260 g/mol. The predicted molar refractivity (Wildman–Crippen MR) is 82.7 cm³/mol. The van der Waals surface area contributed by atoms with Crippen molar-refractivity contribution in [2.24, 2.45) is 0 Å². The Labute approximate surface area is 117 Å². The number of halogens is 1. The summed E-state index contributed by atoms with van der Waals surface area (Å²) in [6, 6.07) is 5.53. The molecule has 0 saturated heterocycles. The third-order valence-corrected chi connectivity index (χ3v) is 3.23. The van der Waals surface area contributed by atoms with Crippen molar-refractivity contribution in [1.29, 1.82) is 0 Å². The van der Waals surface area contributed by atoms with E-state index in [4.69, 9.17) is 0 Å². The number of unbranched alkanes of at least 4 members (excludes halogenated alkanes) is 2. The highest BCUT2D eigenvalue weighted by Crippen LogP contribution is 2.25. The number of hydrogen-bond donors (Lipinski definition) is 0. The van der Waals surface area contributed by atoms with Gasteiger partial charge in [0.2, 0.25) is 0 Å². The van der Waals surface area contributed by atoms with Crippen molar-refractivity contribution in [1.82, 2.24) is 0 Å². The second kappa shape index (κ2) is 8.68. The molecule has 0 aliphatic rings. The standard InChI is InChI=1S/C18H25F/c1-4-6-8-9-11-16(10-7-5-2)17-13-12-15(3)14-18(17)19/h4,6,11-14H,5,7-10H2,1-3H3/b6-4+,16-11-. The molecule has 1 aromatic carbocycles. The van der Waals surface area contributed by atoms with Gasteiger partial charge >= 0.3 is 0 Å². The Hall–Kier alpha value is -1.37. The predicted octanol–water partition coefficient (Wildman–Crippen LogP) is 6.06. The number of aryl methyl sites for hydroxylation is 1. The fourth-order valence-electron chi connectivity index (χ4n) is 2.11. The van der Waals surface area contributed by atoms with Crippen LogP contribution in [0.15, 0.2) is 36.4 Å². The molecule has 1 heteroatoms. The molecule has 0 spiro atoms. The van der Waals surface area contributed by atoms with Gasteiger partial charge < -0.3 is 0 Å². The first kappa shape index (κ1) is 15.7. The van der Waals surface area contributed by atoms with Gasteiger partial charge in [0.1, 0.15) is 5.82 Å². The zero-order valence-corrected chi connectivity index (χ0v) is 12.4. The molecular formula is C18H25F. The van der Waals surface area contributed by atoms with Gasteiger partial charge in [-0.05, 0) is 56.7 Å². The van der Waals surface area contributed by atoms with Gasteiger partial charge in [0.05, 0.1) is 0 Å². The van der Waals surface area contributed by atoms with Gasteiger partial charge in [-0.1, -0.05) is 43.7 Å². The molecule has 19 heavy (non-hydrogen) atoms. The fraction of sp³-hybridized carbons (Fsp3) is 0.444. The van der Waals surface area contributed by atoms with Crippen LogP contribution in [0.5, 0.6) is 0 Å². The Bertz CT molecular complexity index is 441. The van der Waals surface area contributed by atoms with Crippen LogP contribution in [0.3, 0.4) is 0 Å². The molecule has 0 saturated carbocycles. The molecule has 1 rings (SSSR count). The normalized spacial score (nSPS) is 12.3. The maximum atomic E-state index is 14.0. The zero-order chi connectivity index (χ0) is 14.1. The first-order chi connectivity index (χ1) is 9.19. The molecule has 0 N–H and O–H groups in total. The lowest BCUT2D eigenvalue weighted by Gasteiger charge is -2.09. The summed E-state index contributed by atoms with van der Waals surface area (Å²) in [5.41, 5.74) is 2.91. The molecule has 0 heterocycles. The Morgan fingerprint density at radius 2 is 2.05 bits per heavy atom. The van der Waals surface area contributed by atoms with Gasteiger partial charge in [-0.3, -0.25) is 0 Å². The Morgan fingerprint density at radius 1 is 1.26 bits per heavy atom. The molecule has 1 aromatic rings. The second-order valence-corrected chi connectivity index (χ2v) is 4.96. The Balaban J connectivity index is 2.88. The van der Waals surface area contributed by atoms with Crippen LogP contribution in [0.2, 0.25) is 0 Å². The van der Waals surface area contributed by atoms with E-state index in [1.54, 1.807) is 6.07 Å². The minimum atomic E-state index is -0.0895. The minimum absolute atomic E-state index is 0.0895. The van der Waals surface area contributed by atoms with E-state index in [2.05, 4.69) is 25.2 Å². The highest BCUT2D eigenvalue weighted by Gasteiger charge is 2.07. The van der Waals surface area contributed by atoms with E-state index in [1.165, 1.54) is 0 Å². The van der Waals surface area contributed by atoms with Crippen molar-refractivity contribution in [2.75, 3.05) is 0 Å². The van der Waals surface area contributed by atoms with Crippen molar-refractivity contribution in [2.45, 2.75) is 52.9 Å². The molecule has 0 fully saturated rings. The van der Waals surface area contributed by atoms with Crippen LogP contribution >= 0.6 is 0 Å². The van der Waals surface area contributed by atoms with Crippen LogP contribution in [-0.2, 0) is 0 Å². The second-order valence-electron chi connectivity index (χ2n) is 4.96. The molecule has 0 atom stereocenters. The van der Waals surface area contributed by atoms with Crippen LogP contribution in [-0.4, -0.2) is 0 Å². The highest BCUT2D eigenvalue weighted by atomic mass is 19.1. The lowest BCUT2D eigenvalue weighted by Crippen LogP contribution is -1.92. The van der Waals surface area contributed by atoms with Crippen LogP contribution < -0.4 is 0 Å². The molecule has 0 bridgehead atoms. The molecule has 0 aliphatic carbocycles. The quantitative estimate of drug-likeness (QED) is 0.412. The van der Waals surface area contributed by atoms with E-state index in [1.807, 2.05) is 26.0 Å². The summed E-state index contributed by atoms with van der Waals surface area (Å²) in [4.78, 5) is 0. The fourth-order valence-corrected chi connectivity index (χ4v) is 2.11. The summed E-state index contributed by atoms with van der Waals surface area (Å²) in [6.07, 6.45) is 11.6. The van der Waals surface area contributed by atoms with E-state index in [9.17, 15) is 4.39 Å². The molecular weight excluding hydrogens is 235 g/mol. The van der Waals surface area contributed by atoms with E-state index in [0.29, 0.717) is 0 Å². The lowest BCUT2D eigenvalue weighted by molar-refractivity contribution is 0.621. The van der Waals surface area contributed by atoms with E-state index in [0.717, 1.165) is 48.8 Å². The van der Waals surface area contributed by atoms with Crippen molar-refractivity contribution >= 4 is 5.57 Å². The molecule has 0 amide bonds. The van der Waals surface area contributed by atoms with Crippen LogP contribution in [0.4, 0.5) is 4.39 Å². The first-order valence-corrected chi connectivity index (χ1v) is 7.25. The molecule has 0 aliphatic heterocycles. The van der Waals surface area contributed by atoms with Gasteiger partial charge in [-0.15, -0.1) is 0 Å². The summed E-state index contributed by atoms with van der Waals surface area (Å²) >= 11 is 0. The summed E-state index contributed by atoms with van der Waals surface area (Å²) < 4.78 is 14.0. The van der Waals surface area contributed by atoms with Crippen molar-refractivity contribution in [3.63, 3.8) is 0 Å². The van der Waals surface area contributed by atoms with Gasteiger partial charge in [-0.25, -0.2) is 4.39 Å². The van der Waals surface area contributed by atoms with Crippen LogP contribution in [0.1, 0.15) is 57.1 Å². The number of hydrogen-bond acceptors (Lipinski definition) is 0. The Kier molecular flexibility index (Phi) is 7.17. The topological polar surface area (TPSA) is 0 Å². The van der Waals surface area contributed by atoms with Gasteiger partial charge in [0.15, 0.2) is 0 Å². The number of rotatable bonds is 7. The van der Waals surface area contributed by atoms with Crippen LogP contribution in [0, 0.1) is 12.7 Å². The smallest absolute Gasteiger partial charge is 0.130 e. The maximum Gasteiger partial charge on any atom is 0.130 e. The maximum absolute atomic E-state index is 14.0.